The summed E-state index contributed by atoms with van der Waals surface area (Å²) >= 11 is 0. The zero-order valence-corrected chi connectivity index (χ0v) is 24.6. The normalized spacial score (nSPS) is 42.0. The maximum Gasteiger partial charge on any atom is 0.416 e. The van der Waals surface area contributed by atoms with Gasteiger partial charge in [-0.05, 0) is 109 Å². The second-order valence-corrected chi connectivity index (χ2v) is 14.2. The van der Waals surface area contributed by atoms with Crippen molar-refractivity contribution in [1.82, 2.24) is 0 Å². The fourth-order valence-electron chi connectivity index (χ4n) is 10.5. The third-order valence-electron chi connectivity index (χ3n) is 12.4. The van der Waals surface area contributed by atoms with Crippen molar-refractivity contribution in [1.29, 1.82) is 0 Å². The Bertz CT molecular complexity index is 1230. The highest BCUT2D eigenvalue weighted by Gasteiger charge is 2.63. The number of Topliss-reactive ketones (excluding diaryl/α,β-unsaturated/α-hetero) is 1. The molecular formula is C35H44F3NO2. The maximum atomic E-state index is 13.3. The van der Waals surface area contributed by atoms with Crippen LogP contribution in [0.25, 0.3) is 0 Å². The molecule has 6 heteroatoms. The molecule has 222 valence electrons. The van der Waals surface area contributed by atoms with E-state index in [1.807, 2.05) is 18.4 Å². The van der Waals surface area contributed by atoms with Crippen molar-refractivity contribution in [2.75, 3.05) is 6.61 Å². The molecule has 0 aromatic heterocycles. The Hall–Kier alpha value is -2.21. The number of halogens is 3. The fourth-order valence-corrected chi connectivity index (χ4v) is 10.5. The zero-order chi connectivity index (χ0) is 29.0. The lowest BCUT2D eigenvalue weighted by atomic mass is 9.43. The van der Waals surface area contributed by atoms with Crippen LogP contribution in [0.15, 0.2) is 53.6 Å². The summed E-state index contributed by atoms with van der Waals surface area (Å²) in [7, 11) is 0. The topological polar surface area (TPSA) is 38.7 Å². The lowest BCUT2D eigenvalue weighted by Gasteiger charge is -2.62. The summed E-state index contributed by atoms with van der Waals surface area (Å²) in [5.41, 5.74) is -0.296. The molecule has 0 amide bonds. The van der Waals surface area contributed by atoms with E-state index >= 15 is 0 Å². The minimum Gasteiger partial charge on any atom is -0.374 e. The molecule has 6 rings (SSSR count). The smallest absolute Gasteiger partial charge is 0.374 e. The molecule has 0 N–H and O–H groups in total. The second-order valence-electron chi connectivity index (χ2n) is 14.2. The van der Waals surface area contributed by atoms with Crippen LogP contribution in [0.3, 0.4) is 0 Å². The first kappa shape index (κ1) is 28.9. The van der Waals surface area contributed by atoms with Crippen molar-refractivity contribution in [2.45, 2.75) is 90.5 Å². The van der Waals surface area contributed by atoms with Crippen LogP contribution in [-0.2, 0) is 22.3 Å². The first-order valence-electron chi connectivity index (χ1n) is 15.6. The molecule has 4 fully saturated rings. The predicted molar refractivity (Wildman–Crippen MR) is 155 cm³/mol. The molecule has 1 aromatic carbocycles. The second kappa shape index (κ2) is 10.5. The monoisotopic (exact) mass is 567 g/mol. The number of alkyl halides is 3. The van der Waals surface area contributed by atoms with E-state index in [-0.39, 0.29) is 23.4 Å². The third-order valence-corrected chi connectivity index (χ3v) is 12.4. The number of carbonyl (C=O) groups is 1. The van der Waals surface area contributed by atoms with Gasteiger partial charge in [0.25, 0.3) is 0 Å². The van der Waals surface area contributed by atoms with Crippen LogP contribution in [0.2, 0.25) is 0 Å². The van der Waals surface area contributed by atoms with Gasteiger partial charge < -0.3 is 4.74 Å². The van der Waals surface area contributed by atoms with Gasteiger partial charge in [-0.1, -0.05) is 51.1 Å². The number of fused-ring (bicyclic) bond motifs is 5. The van der Waals surface area contributed by atoms with Crippen molar-refractivity contribution in [3.8, 4) is 0 Å². The van der Waals surface area contributed by atoms with Crippen LogP contribution >= 0.6 is 0 Å². The Morgan fingerprint density at radius 1 is 0.951 bits per heavy atom. The maximum absolute atomic E-state index is 13.3. The summed E-state index contributed by atoms with van der Waals surface area (Å²) in [6.07, 6.45) is 14.5. The predicted octanol–water partition coefficient (Wildman–Crippen LogP) is 8.63. The van der Waals surface area contributed by atoms with Crippen LogP contribution in [0.1, 0.15) is 83.3 Å². The summed E-state index contributed by atoms with van der Waals surface area (Å²) in [5.74, 6) is 3.45. The van der Waals surface area contributed by atoms with Gasteiger partial charge in [-0.15, -0.1) is 0 Å². The van der Waals surface area contributed by atoms with Crippen LogP contribution in [0.4, 0.5) is 13.2 Å². The molecular weight excluding hydrogens is 523 g/mol. The number of nitrogens with zero attached hydrogens (tertiary/aromatic N) is 1. The molecule has 3 nitrogen and oxygen atoms in total. The number of aliphatic imine (C=N–C) groups is 1. The standard InChI is InChI=1S/C35H44F3NO2/c1-23-27-11-10-26-28-12-13-31(33(28,3)17-14-29(26)32(27,2)18-15-30(23)40)34(16-5-4-6-19-39-34)22-41-21-24-8-7-9-25(20-24)35(36,37)38/h4-9,16,19-20,23,26-29,31H,10-15,17-18,21-22H2,1-3H3/t23?,26-,27?,28-,29-,31?,32-,33-,34?/m0/s1. The molecule has 4 saturated carbocycles. The molecule has 0 bridgehead atoms. The van der Waals surface area contributed by atoms with Crippen LogP contribution in [0, 0.1) is 46.3 Å². The third kappa shape index (κ3) is 4.86. The first-order chi connectivity index (χ1) is 19.5. The highest BCUT2D eigenvalue weighted by molar-refractivity contribution is 5.82. The Morgan fingerprint density at radius 2 is 1.73 bits per heavy atom. The molecule has 1 heterocycles. The van der Waals surface area contributed by atoms with E-state index in [0.29, 0.717) is 47.5 Å². The highest BCUT2D eigenvalue weighted by Crippen LogP contribution is 2.69. The van der Waals surface area contributed by atoms with Gasteiger partial charge in [-0.3, -0.25) is 9.79 Å². The van der Waals surface area contributed by atoms with Gasteiger partial charge >= 0.3 is 6.18 Å². The number of allylic oxidation sites excluding steroid dienone is 3. The van der Waals surface area contributed by atoms with Crippen LogP contribution < -0.4 is 0 Å². The van der Waals surface area contributed by atoms with Crippen molar-refractivity contribution in [2.24, 2.45) is 51.3 Å². The molecule has 0 spiro atoms. The molecule has 1 aromatic rings. The molecule has 9 atom stereocenters. The molecule has 41 heavy (non-hydrogen) atoms. The molecule has 0 saturated heterocycles. The largest absolute Gasteiger partial charge is 0.416 e. The van der Waals surface area contributed by atoms with Crippen molar-refractivity contribution in [3.63, 3.8) is 0 Å². The fraction of sp³-hybridized carbons (Fsp3) is 0.657. The Labute approximate surface area is 242 Å². The SMILES string of the molecule is CC1C(=O)CC[C@@]2(C)C1CC[C@@H]1[C@@H]2CC[C@]2(C)C(C3(COCc4cccc(C(F)(F)F)c4)C=CC=CC=N3)CC[C@@H]12. The lowest BCUT2D eigenvalue weighted by molar-refractivity contribution is -0.151. The first-order valence-corrected chi connectivity index (χ1v) is 15.6. The summed E-state index contributed by atoms with van der Waals surface area (Å²) < 4.78 is 46.1. The number of rotatable bonds is 5. The van der Waals surface area contributed by atoms with Crippen LogP contribution in [0.5, 0.6) is 0 Å². The molecule has 5 aliphatic rings. The number of ether oxygens (including phenoxy) is 1. The summed E-state index contributed by atoms with van der Waals surface area (Å²) in [5, 5.41) is 0. The Kier molecular flexibility index (Phi) is 7.40. The van der Waals surface area contributed by atoms with E-state index in [4.69, 9.17) is 9.73 Å². The zero-order valence-electron chi connectivity index (χ0n) is 24.6. The quantitative estimate of drug-likeness (QED) is 0.357. The van der Waals surface area contributed by atoms with Gasteiger partial charge in [0.1, 0.15) is 11.3 Å². The summed E-state index contributed by atoms with van der Waals surface area (Å²) in [6.45, 7) is 7.63. The Morgan fingerprint density at radius 3 is 2.54 bits per heavy atom. The minimum atomic E-state index is -4.37. The summed E-state index contributed by atoms with van der Waals surface area (Å²) in [6, 6.07) is 5.43. The highest BCUT2D eigenvalue weighted by atomic mass is 19.4. The van der Waals surface area contributed by atoms with Gasteiger partial charge in [0, 0.05) is 18.6 Å². The van der Waals surface area contributed by atoms with Gasteiger partial charge in [-0.25, -0.2) is 0 Å². The number of hydrogen-bond donors (Lipinski definition) is 0. The number of ketones is 1. The minimum absolute atomic E-state index is 0.117. The van der Waals surface area contributed by atoms with E-state index in [9.17, 15) is 18.0 Å². The lowest BCUT2D eigenvalue weighted by Crippen LogP contribution is -2.57. The molecule has 4 unspecified atom stereocenters. The van der Waals surface area contributed by atoms with Crippen molar-refractivity contribution >= 4 is 12.0 Å². The molecule has 4 aliphatic carbocycles. The van der Waals surface area contributed by atoms with Gasteiger partial charge in [0.2, 0.25) is 0 Å². The molecule has 1 aliphatic heterocycles. The summed E-state index contributed by atoms with van der Waals surface area (Å²) in [4.78, 5) is 17.7. The van der Waals surface area contributed by atoms with E-state index in [1.54, 1.807) is 6.07 Å². The van der Waals surface area contributed by atoms with Crippen molar-refractivity contribution in [3.05, 3.63) is 59.7 Å². The van der Waals surface area contributed by atoms with E-state index in [1.165, 1.54) is 31.4 Å². The number of hydrogen-bond acceptors (Lipinski definition) is 3. The average Bonchev–Trinajstić information content (AvgIpc) is 3.13. The van der Waals surface area contributed by atoms with E-state index in [2.05, 4.69) is 32.9 Å². The number of carbonyl (C=O) groups excluding carboxylic acids is 1. The van der Waals surface area contributed by atoms with E-state index in [0.717, 1.165) is 38.2 Å². The average molecular weight is 568 g/mol. The Balaban J connectivity index is 1.23. The van der Waals surface area contributed by atoms with Gasteiger partial charge in [0.15, 0.2) is 0 Å². The van der Waals surface area contributed by atoms with E-state index < -0.39 is 17.3 Å². The van der Waals surface area contributed by atoms with Crippen molar-refractivity contribution < 1.29 is 22.7 Å². The van der Waals surface area contributed by atoms with Crippen LogP contribution in [-0.4, -0.2) is 24.1 Å². The molecule has 0 radical (unpaired) electrons. The van der Waals surface area contributed by atoms with Gasteiger partial charge in [-0.2, -0.15) is 13.2 Å². The van der Waals surface area contributed by atoms with Gasteiger partial charge in [0.05, 0.1) is 18.8 Å². The number of benzene rings is 1.